The number of thiophene rings is 1. The zero-order valence-electron chi connectivity index (χ0n) is 10.7. The Hall–Kier alpha value is -1.77. The highest BCUT2D eigenvalue weighted by atomic mass is 32.1. The molecule has 0 aliphatic carbocycles. The van der Waals surface area contributed by atoms with Gasteiger partial charge in [-0.2, -0.15) is 4.98 Å². The molecular weight excluding hydrogens is 280 g/mol. The van der Waals surface area contributed by atoms with Crippen molar-refractivity contribution < 1.29 is 14.4 Å². The van der Waals surface area contributed by atoms with Gasteiger partial charge in [0.15, 0.2) is 0 Å². The van der Waals surface area contributed by atoms with E-state index in [4.69, 9.17) is 15.4 Å². The second-order valence-corrected chi connectivity index (χ2v) is 5.86. The molecule has 7 nitrogen and oxygen atoms in total. The SMILES string of the molecule is NC1(C(=O)O)CCN(Cc2nc(-c3cccs3)no2)C1. The van der Waals surface area contributed by atoms with Crippen LogP contribution in [0.25, 0.3) is 10.7 Å². The molecule has 3 N–H and O–H groups in total. The topological polar surface area (TPSA) is 105 Å². The molecule has 0 aromatic carbocycles. The standard InChI is InChI=1S/C12H14N4O3S/c13-12(11(17)18)3-4-16(7-12)6-9-14-10(15-19-9)8-2-1-5-20-8/h1-2,5H,3-4,6-7,13H2,(H,17,18). The van der Waals surface area contributed by atoms with E-state index in [1.165, 1.54) is 11.3 Å². The molecular formula is C12H14N4O3S. The Kier molecular flexibility index (Phi) is 3.28. The Bertz CT molecular complexity index is 612. The van der Waals surface area contributed by atoms with Crippen LogP contribution in [0.15, 0.2) is 22.0 Å². The first-order chi connectivity index (χ1) is 9.57. The van der Waals surface area contributed by atoms with E-state index in [0.717, 1.165) is 4.88 Å². The van der Waals surface area contributed by atoms with Crippen molar-refractivity contribution in [1.29, 1.82) is 0 Å². The van der Waals surface area contributed by atoms with Crippen molar-refractivity contribution in [2.45, 2.75) is 18.5 Å². The summed E-state index contributed by atoms with van der Waals surface area (Å²) in [6, 6.07) is 3.84. The van der Waals surface area contributed by atoms with Gasteiger partial charge in [-0.25, -0.2) is 0 Å². The second-order valence-electron chi connectivity index (χ2n) is 4.91. The van der Waals surface area contributed by atoms with Crippen molar-refractivity contribution in [3.05, 3.63) is 23.4 Å². The third kappa shape index (κ3) is 2.45. The highest BCUT2D eigenvalue weighted by Gasteiger charge is 2.41. The van der Waals surface area contributed by atoms with Gasteiger partial charge >= 0.3 is 5.97 Å². The predicted molar refractivity (Wildman–Crippen MR) is 72.1 cm³/mol. The summed E-state index contributed by atoms with van der Waals surface area (Å²) < 4.78 is 5.19. The molecule has 0 spiro atoms. The van der Waals surface area contributed by atoms with Crippen LogP contribution in [0.5, 0.6) is 0 Å². The Labute approximate surface area is 119 Å². The van der Waals surface area contributed by atoms with Gasteiger partial charge in [-0.1, -0.05) is 11.2 Å². The van der Waals surface area contributed by atoms with Crippen LogP contribution in [0, 0.1) is 0 Å². The van der Waals surface area contributed by atoms with E-state index in [1.54, 1.807) is 0 Å². The number of nitrogens with zero attached hydrogens (tertiary/aromatic N) is 3. The molecule has 0 amide bonds. The van der Waals surface area contributed by atoms with Crippen LogP contribution >= 0.6 is 11.3 Å². The van der Waals surface area contributed by atoms with Gasteiger partial charge in [0, 0.05) is 13.1 Å². The maximum atomic E-state index is 11.1. The minimum Gasteiger partial charge on any atom is -0.480 e. The average Bonchev–Trinajstić information content (AvgIpc) is 3.10. The van der Waals surface area contributed by atoms with Crippen molar-refractivity contribution in [2.75, 3.05) is 13.1 Å². The summed E-state index contributed by atoms with van der Waals surface area (Å²) >= 11 is 1.54. The van der Waals surface area contributed by atoms with E-state index < -0.39 is 11.5 Å². The Morgan fingerprint density at radius 1 is 1.65 bits per heavy atom. The molecule has 2 aromatic heterocycles. The van der Waals surface area contributed by atoms with Crippen LogP contribution in [0.2, 0.25) is 0 Å². The lowest BCUT2D eigenvalue weighted by Crippen LogP contribution is -2.50. The summed E-state index contributed by atoms with van der Waals surface area (Å²) in [4.78, 5) is 18.3. The van der Waals surface area contributed by atoms with Crippen LogP contribution in [0.1, 0.15) is 12.3 Å². The van der Waals surface area contributed by atoms with E-state index in [9.17, 15) is 4.79 Å². The molecule has 1 saturated heterocycles. The monoisotopic (exact) mass is 294 g/mol. The molecule has 1 atom stereocenters. The summed E-state index contributed by atoms with van der Waals surface area (Å²) in [7, 11) is 0. The van der Waals surface area contributed by atoms with Gasteiger partial charge in [0.2, 0.25) is 11.7 Å². The van der Waals surface area contributed by atoms with Crippen LogP contribution in [-0.4, -0.2) is 44.7 Å². The maximum absolute atomic E-state index is 11.1. The molecule has 0 saturated carbocycles. The fraction of sp³-hybridized carbons (Fsp3) is 0.417. The van der Waals surface area contributed by atoms with Crippen molar-refractivity contribution in [3.8, 4) is 10.7 Å². The second kappa shape index (κ2) is 4.97. The Balaban J connectivity index is 1.66. The lowest BCUT2D eigenvalue weighted by molar-refractivity contribution is -0.142. The number of hydrogen-bond donors (Lipinski definition) is 2. The van der Waals surface area contributed by atoms with E-state index in [1.807, 2.05) is 22.4 Å². The molecule has 0 radical (unpaired) electrons. The smallest absolute Gasteiger partial charge is 0.325 e. The lowest BCUT2D eigenvalue weighted by atomic mass is 10.0. The van der Waals surface area contributed by atoms with E-state index in [0.29, 0.717) is 37.8 Å². The number of nitrogens with two attached hydrogens (primary N) is 1. The third-order valence-corrected chi connectivity index (χ3v) is 4.24. The highest BCUT2D eigenvalue weighted by Crippen LogP contribution is 2.23. The maximum Gasteiger partial charge on any atom is 0.325 e. The number of aromatic nitrogens is 2. The average molecular weight is 294 g/mol. The molecule has 1 unspecified atom stereocenters. The van der Waals surface area contributed by atoms with Gasteiger partial charge in [-0.15, -0.1) is 11.3 Å². The highest BCUT2D eigenvalue weighted by molar-refractivity contribution is 7.13. The van der Waals surface area contributed by atoms with Crippen LogP contribution in [-0.2, 0) is 11.3 Å². The fourth-order valence-electron chi connectivity index (χ4n) is 2.24. The molecule has 3 heterocycles. The van der Waals surface area contributed by atoms with Gasteiger partial charge in [0.05, 0.1) is 11.4 Å². The first-order valence-electron chi connectivity index (χ1n) is 6.18. The molecule has 1 fully saturated rings. The van der Waals surface area contributed by atoms with E-state index in [-0.39, 0.29) is 0 Å². The first kappa shape index (κ1) is 13.2. The number of carboxylic acids is 1. The number of aliphatic carboxylic acids is 1. The molecule has 8 heteroatoms. The summed E-state index contributed by atoms with van der Waals surface area (Å²) in [5.74, 6) is 0.0688. The number of carboxylic acid groups (broad SMARTS) is 1. The Morgan fingerprint density at radius 2 is 2.50 bits per heavy atom. The van der Waals surface area contributed by atoms with Gasteiger partial charge in [0.25, 0.3) is 0 Å². The molecule has 20 heavy (non-hydrogen) atoms. The van der Waals surface area contributed by atoms with Crippen LogP contribution < -0.4 is 5.73 Å². The molecule has 3 rings (SSSR count). The molecule has 1 aliphatic heterocycles. The van der Waals surface area contributed by atoms with E-state index >= 15 is 0 Å². The number of rotatable bonds is 4. The van der Waals surface area contributed by atoms with Crippen LogP contribution in [0.4, 0.5) is 0 Å². The quantitative estimate of drug-likeness (QED) is 0.858. The van der Waals surface area contributed by atoms with Crippen LogP contribution in [0.3, 0.4) is 0 Å². The minimum absolute atomic E-state index is 0.291. The summed E-state index contributed by atoms with van der Waals surface area (Å²) in [5, 5.41) is 15.0. The lowest BCUT2D eigenvalue weighted by Gasteiger charge is -2.18. The molecule has 0 bridgehead atoms. The number of carbonyl (C=O) groups is 1. The Morgan fingerprint density at radius 3 is 3.15 bits per heavy atom. The third-order valence-electron chi connectivity index (χ3n) is 3.37. The van der Waals surface area contributed by atoms with Gasteiger partial charge in [-0.3, -0.25) is 9.69 Å². The summed E-state index contributed by atoms with van der Waals surface area (Å²) in [5.41, 5.74) is 4.65. The van der Waals surface area contributed by atoms with E-state index in [2.05, 4.69) is 10.1 Å². The van der Waals surface area contributed by atoms with Crippen molar-refractivity contribution in [1.82, 2.24) is 15.0 Å². The zero-order chi connectivity index (χ0) is 14.2. The minimum atomic E-state index is -1.17. The summed E-state index contributed by atoms with van der Waals surface area (Å²) in [6.07, 6.45) is 0.425. The molecule has 2 aromatic rings. The van der Waals surface area contributed by atoms with Crippen molar-refractivity contribution in [3.63, 3.8) is 0 Å². The summed E-state index contributed by atoms with van der Waals surface area (Å²) in [6.45, 7) is 1.32. The van der Waals surface area contributed by atoms with Crippen molar-refractivity contribution in [2.24, 2.45) is 5.73 Å². The molecule has 106 valence electrons. The molecule has 1 aliphatic rings. The normalized spacial score (nSPS) is 23.2. The van der Waals surface area contributed by atoms with Gasteiger partial charge in [0.1, 0.15) is 5.54 Å². The fourth-order valence-corrected chi connectivity index (χ4v) is 2.89. The zero-order valence-corrected chi connectivity index (χ0v) is 11.5. The first-order valence-corrected chi connectivity index (χ1v) is 7.06. The van der Waals surface area contributed by atoms with Crippen molar-refractivity contribution >= 4 is 17.3 Å². The van der Waals surface area contributed by atoms with Gasteiger partial charge < -0.3 is 15.4 Å². The number of likely N-dealkylation sites (tertiary alicyclic amines) is 1. The predicted octanol–water partition coefficient (Wildman–Crippen LogP) is 0.786. The largest absolute Gasteiger partial charge is 0.480 e. The number of hydrogen-bond acceptors (Lipinski definition) is 7. The van der Waals surface area contributed by atoms with Gasteiger partial charge in [-0.05, 0) is 17.9 Å².